The van der Waals surface area contributed by atoms with Crippen molar-refractivity contribution in [3.05, 3.63) is 143 Å². The van der Waals surface area contributed by atoms with Gasteiger partial charge < -0.3 is 9.47 Å². The van der Waals surface area contributed by atoms with Crippen molar-refractivity contribution >= 4 is 0 Å². The topological polar surface area (TPSA) is 18.5 Å². The Hall–Kier alpha value is -3.52. The molecular weight excluding hydrogens is 344 g/mol. The van der Waals surface area contributed by atoms with E-state index in [4.69, 9.17) is 9.47 Å². The van der Waals surface area contributed by atoms with E-state index in [0.717, 1.165) is 33.8 Å². The van der Waals surface area contributed by atoms with Crippen molar-refractivity contribution in [1.82, 2.24) is 0 Å². The van der Waals surface area contributed by atoms with Gasteiger partial charge in [-0.3, -0.25) is 0 Å². The van der Waals surface area contributed by atoms with Crippen LogP contribution >= 0.6 is 0 Å². The third-order valence-corrected chi connectivity index (χ3v) is 5.84. The van der Waals surface area contributed by atoms with E-state index in [9.17, 15) is 0 Å². The number of fused-ring (bicyclic) bond motifs is 3. The van der Waals surface area contributed by atoms with Gasteiger partial charge in [0.25, 0.3) is 0 Å². The van der Waals surface area contributed by atoms with E-state index in [-0.39, 0.29) is 0 Å². The Bertz CT molecular complexity index is 1050. The predicted molar refractivity (Wildman–Crippen MR) is 109 cm³/mol. The second-order valence-corrected chi connectivity index (χ2v) is 7.33. The molecule has 0 amide bonds. The number of benzene rings is 2. The SMILES string of the molecule is C1=CC2=C3OC4(c5ccccc5)C=CC=CC4=C3OC2(c2ccccc2)C=C1. The number of rotatable bonds is 2. The molecule has 0 fully saturated rings. The highest BCUT2D eigenvalue weighted by Gasteiger charge is 2.55. The van der Waals surface area contributed by atoms with Crippen LogP contribution in [0.25, 0.3) is 0 Å². The summed E-state index contributed by atoms with van der Waals surface area (Å²) in [5.41, 5.74) is 3.04. The quantitative estimate of drug-likeness (QED) is 0.692. The molecule has 0 saturated carbocycles. The van der Waals surface area contributed by atoms with Crippen LogP contribution in [-0.4, -0.2) is 0 Å². The lowest BCUT2D eigenvalue weighted by Crippen LogP contribution is -2.30. The molecular formula is C26H18O2. The average molecular weight is 362 g/mol. The normalized spacial score (nSPS) is 28.7. The van der Waals surface area contributed by atoms with Gasteiger partial charge in [-0.15, -0.1) is 0 Å². The summed E-state index contributed by atoms with van der Waals surface area (Å²) in [7, 11) is 0. The highest BCUT2D eigenvalue weighted by Crippen LogP contribution is 2.58. The van der Waals surface area contributed by atoms with Gasteiger partial charge in [0.1, 0.15) is 0 Å². The molecule has 134 valence electrons. The molecule has 28 heavy (non-hydrogen) atoms. The Morgan fingerprint density at radius 2 is 0.929 bits per heavy atom. The van der Waals surface area contributed by atoms with E-state index in [0.29, 0.717) is 0 Å². The van der Waals surface area contributed by atoms with Crippen molar-refractivity contribution in [3.63, 3.8) is 0 Å². The first-order valence-electron chi connectivity index (χ1n) is 9.54. The largest absolute Gasteiger partial charge is 0.469 e. The molecule has 2 unspecified atom stereocenters. The van der Waals surface area contributed by atoms with Crippen molar-refractivity contribution in [2.24, 2.45) is 0 Å². The Morgan fingerprint density at radius 3 is 1.36 bits per heavy atom. The minimum atomic E-state index is -0.633. The molecule has 2 aromatic carbocycles. The lowest BCUT2D eigenvalue weighted by Gasteiger charge is -2.33. The Labute approximate surface area is 164 Å². The molecule has 0 aromatic heterocycles. The van der Waals surface area contributed by atoms with Crippen LogP contribution in [0.3, 0.4) is 0 Å². The molecule has 2 atom stereocenters. The Morgan fingerprint density at radius 1 is 0.500 bits per heavy atom. The molecule has 2 aliphatic heterocycles. The monoisotopic (exact) mass is 362 g/mol. The summed E-state index contributed by atoms with van der Waals surface area (Å²) in [6.07, 6.45) is 16.6. The molecule has 2 heteroatoms. The van der Waals surface area contributed by atoms with Gasteiger partial charge in [-0.2, -0.15) is 0 Å². The van der Waals surface area contributed by atoms with Crippen LogP contribution in [0.4, 0.5) is 0 Å². The van der Waals surface area contributed by atoms with E-state index in [1.165, 1.54) is 0 Å². The van der Waals surface area contributed by atoms with Gasteiger partial charge >= 0.3 is 0 Å². The molecule has 0 bridgehead atoms. The molecule has 4 aliphatic rings. The molecule has 2 heterocycles. The summed E-state index contributed by atoms with van der Waals surface area (Å²) in [6.45, 7) is 0. The number of hydrogen-bond donors (Lipinski definition) is 0. The molecule has 0 N–H and O–H groups in total. The molecule has 2 aromatic rings. The molecule has 0 saturated heterocycles. The fourth-order valence-corrected chi connectivity index (χ4v) is 4.54. The number of ether oxygens (including phenoxy) is 2. The van der Waals surface area contributed by atoms with Gasteiger partial charge in [-0.05, 0) is 12.2 Å². The van der Waals surface area contributed by atoms with Crippen LogP contribution in [0.5, 0.6) is 0 Å². The van der Waals surface area contributed by atoms with Gasteiger partial charge in [-0.1, -0.05) is 97.1 Å². The Balaban J connectivity index is 1.59. The molecule has 6 rings (SSSR count). The van der Waals surface area contributed by atoms with Gasteiger partial charge in [0.2, 0.25) is 0 Å². The van der Waals surface area contributed by atoms with Gasteiger partial charge in [-0.25, -0.2) is 0 Å². The molecule has 2 nitrogen and oxygen atoms in total. The summed E-state index contributed by atoms with van der Waals surface area (Å²) in [5.74, 6) is 1.67. The number of hydrogen-bond acceptors (Lipinski definition) is 2. The maximum absolute atomic E-state index is 6.74. The first-order valence-corrected chi connectivity index (χ1v) is 9.54. The maximum Gasteiger partial charge on any atom is 0.181 e. The molecule has 0 spiro atoms. The summed E-state index contributed by atoms with van der Waals surface area (Å²) >= 11 is 0. The second kappa shape index (κ2) is 5.49. The predicted octanol–water partition coefficient (Wildman–Crippen LogP) is 5.60. The van der Waals surface area contributed by atoms with Crippen LogP contribution in [0.2, 0.25) is 0 Å². The van der Waals surface area contributed by atoms with Crippen molar-refractivity contribution in [2.75, 3.05) is 0 Å². The zero-order chi connectivity index (χ0) is 18.6. The lowest BCUT2D eigenvalue weighted by molar-refractivity contribution is 0.0987. The Kier molecular flexibility index (Phi) is 3.05. The van der Waals surface area contributed by atoms with Crippen LogP contribution in [0, 0.1) is 0 Å². The van der Waals surface area contributed by atoms with E-state index < -0.39 is 11.2 Å². The first-order chi connectivity index (χ1) is 13.8. The summed E-state index contributed by atoms with van der Waals surface area (Å²) in [6, 6.07) is 20.7. The van der Waals surface area contributed by atoms with Crippen LogP contribution in [0.15, 0.2) is 132 Å². The summed E-state index contributed by atoms with van der Waals surface area (Å²) in [5, 5.41) is 0. The van der Waals surface area contributed by atoms with E-state index in [1.807, 2.05) is 60.7 Å². The van der Waals surface area contributed by atoms with Crippen molar-refractivity contribution < 1.29 is 9.47 Å². The second-order valence-electron chi connectivity index (χ2n) is 7.33. The minimum Gasteiger partial charge on any atom is -0.469 e. The average Bonchev–Trinajstić information content (AvgIpc) is 3.27. The van der Waals surface area contributed by atoms with Crippen molar-refractivity contribution in [3.8, 4) is 0 Å². The fraction of sp³-hybridized carbons (Fsp3) is 0.0769. The maximum atomic E-state index is 6.74. The van der Waals surface area contributed by atoms with Gasteiger partial charge in [0.15, 0.2) is 22.7 Å². The lowest BCUT2D eigenvalue weighted by atomic mass is 9.83. The third-order valence-electron chi connectivity index (χ3n) is 5.84. The molecule has 2 aliphatic carbocycles. The first kappa shape index (κ1) is 15.5. The fourth-order valence-electron chi connectivity index (χ4n) is 4.54. The zero-order valence-electron chi connectivity index (χ0n) is 15.2. The van der Waals surface area contributed by atoms with E-state index in [2.05, 4.69) is 48.6 Å². The van der Waals surface area contributed by atoms with Gasteiger partial charge in [0, 0.05) is 11.1 Å². The molecule has 0 radical (unpaired) electrons. The standard InChI is InChI=1S/C26H18O2/c1-3-11-19(12-4-1)25-17-9-7-15-21(25)23-24(27-25)22-16-8-10-18-26(22,28-23)20-13-5-2-6-14-20/h1-18H. The third kappa shape index (κ3) is 1.87. The van der Waals surface area contributed by atoms with Crippen molar-refractivity contribution in [2.45, 2.75) is 11.2 Å². The van der Waals surface area contributed by atoms with Crippen molar-refractivity contribution in [1.29, 1.82) is 0 Å². The van der Waals surface area contributed by atoms with Crippen LogP contribution < -0.4 is 0 Å². The van der Waals surface area contributed by atoms with Crippen LogP contribution in [0.1, 0.15) is 11.1 Å². The minimum absolute atomic E-state index is 0.633. The smallest absolute Gasteiger partial charge is 0.181 e. The highest BCUT2D eigenvalue weighted by molar-refractivity contribution is 5.64. The highest BCUT2D eigenvalue weighted by atomic mass is 16.6. The van der Waals surface area contributed by atoms with Gasteiger partial charge in [0.05, 0.1) is 11.1 Å². The van der Waals surface area contributed by atoms with Crippen LogP contribution in [-0.2, 0) is 20.7 Å². The summed E-state index contributed by atoms with van der Waals surface area (Å²) < 4.78 is 13.5. The van der Waals surface area contributed by atoms with E-state index in [1.54, 1.807) is 0 Å². The zero-order valence-corrected chi connectivity index (χ0v) is 15.2. The number of allylic oxidation sites excluding steroid dienone is 4. The summed E-state index contributed by atoms with van der Waals surface area (Å²) in [4.78, 5) is 0. The van der Waals surface area contributed by atoms with E-state index >= 15 is 0 Å².